The van der Waals surface area contributed by atoms with Gasteiger partial charge in [-0.15, -0.1) is 0 Å². The Hall–Kier alpha value is -3.51. The van der Waals surface area contributed by atoms with Crippen molar-refractivity contribution in [2.75, 3.05) is 4.90 Å². The van der Waals surface area contributed by atoms with Crippen molar-refractivity contribution in [3.05, 3.63) is 107 Å². The Morgan fingerprint density at radius 1 is 0.784 bits per heavy atom. The molecule has 0 saturated carbocycles. The molecule has 2 atom stereocenters. The molecule has 194 valence electrons. The topological polar surface area (TPSA) is 89.5 Å². The number of alkyl halides is 3. The highest BCUT2D eigenvalue weighted by atomic mass is 35.5. The van der Waals surface area contributed by atoms with Gasteiger partial charge in [0, 0.05) is 18.2 Å². The lowest BCUT2D eigenvalue weighted by molar-refractivity contribution is -0.384. The number of nitro benzene ring substituents is 2. The minimum absolute atomic E-state index is 0.0335. The monoisotopic (exact) mass is 561 g/mol. The van der Waals surface area contributed by atoms with Crippen LogP contribution in [0, 0.1) is 31.9 Å². The van der Waals surface area contributed by atoms with Gasteiger partial charge in [-0.05, 0) is 42.2 Å². The Morgan fingerprint density at radius 3 is 1.65 bits per heavy atom. The number of anilines is 1. The van der Waals surface area contributed by atoms with Crippen LogP contribution in [0.2, 0.25) is 10.0 Å². The first-order chi connectivity index (χ1) is 17.3. The van der Waals surface area contributed by atoms with Crippen LogP contribution in [0.4, 0.5) is 39.0 Å². The van der Waals surface area contributed by atoms with Gasteiger partial charge in [0.1, 0.15) is 21.7 Å². The Kier molecular flexibility index (Phi) is 6.99. The van der Waals surface area contributed by atoms with Gasteiger partial charge < -0.3 is 4.90 Å². The molecule has 37 heavy (non-hydrogen) atoms. The highest BCUT2D eigenvalue weighted by Gasteiger charge is 2.41. The van der Waals surface area contributed by atoms with E-state index < -0.39 is 62.4 Å². The van der Waals surface area contributed by atoms with Gasteiger partial charge in [-0.1, -0.05) is 35.3 Å². The van der Waals surface area contributed by atoms with Crippen molar-refractivity contribution in [3.8, 4) is 0 Å². The number of rotatable bonds is 5. The van der Waals surface area contributed by atoms with E-state index in [1.165, 1.54) is 29.2 Å². The molecule has 0 spiro atoms. The summed E-state index contributed by atoms with van der Waals surface area (Å²) in [6.07, 6.45) is -4.76. The van der Waals surface area contributed by atoms with Crippen LogP contribution in [0.5, 0.6) is 0 Å². The average Bonchev–Trinajstić information content (AvgIpc) is 3.24. The van der Waals surface area contributed by atoms with Crippen molar-refractivity contribution in [1.82, 2.24) is 0 Å². The molecule has 0 radical (unpaired) electrons. The normalized spacial score (nSPS) is 17.8. The molecule has 1 aliphatic rings. The number of nitro groups is 2. The first-order valence-electron chi connectivity index (χ1n) is 10.5. The number of nitrogens with zero attached hydrogens (tertiary/aromatic N) is 3. The summed E-state index contributed by atoms with van der Waals surface area (Å²) in [4.78, 5) is 22.6. The van der Waals surface area contributed by atoms with E-state index in [9.17, 15) is 37.8 Å². The van der Waals surface area contributed by atoms with Gasteiger partial charge in [-0.3, -0.25) is 20.2 Å². The Labute approximate surface area is 215 Å². The average molecular weight is 562 g/mol. The molecule has 0 amide bonds. The zero-order valence-corrected chi connectivity index (χ0v) is 19.8. The van der Waals surface area contributed by atoms with Crippen LogP contribution in [0.15, 0.2) is 48.5 Å². The predicted molar refractivity (Wildman–Crippen MR) is 125 cm³/mol. The maximum Gasteiger partial charge on any atom is 0.419 e. The molecule has 1 aliphatic heterocycles. The zero-order chi connectivity index (χ0) is 27.2. The van der Waals surface area contributed by atoms with Gasteiger partial charge in [0.05, 0.1) is 33.2 Å². The van der Waals surface area contributed by atoms with Crippen molar-refractivity contribution >= 4 is 40.3 Å². The van der Waals surface area contributed by atoms with E-state index in [-0.39, 0.29) is 40.1 Å². The fourth-order valence-electron chi connectivity index (χ4n) is 4.51. The summed E-state index contributed by atoms with van der Waals surface area (Å²) >= 11 is 11.8. The van der Waals surface area contributed by atoms with Crippen LogP contribution in [0.3, 0.4) is 0 Å². The Balaban J connectivity index is 1.91. The number of hydrogen-bond donors (Lipinski definition) is 0. The molecule has 0 unspecified atom stereocenters. The molecule has 7 nitrogen and oxygen atoms in total. The first kappa shape index (κ1) is 26.6. The molecule has 0 bridgehead atoms. The summed E-state index contributed by atoms with van der Waals surface area (Å²) in [6.45, 7) is 0. The highest BCUT2D eigenvalue weighted by Crippen LogP contribution is 2.50. The molecule has 1 fully saturated rings. The lowest BCUT2D eigenvalue weighted by atomic mass is 10.0. The molecule has 1 heterocycles. The van der Waals surface area contributed by atoms with Gasteiger partial charge in [-0.2, -0.15) is 13.2 Å². The van der Waals surface area contributed by atoms with E-state index in [1.807, 2.05) is 0 Å². The molecule has 0 aromatic heterocycles. The Bertz CT molecular complexity index is 1350. The summed E-state index contributed by atoms with van der Waals surface area (Å²) < 4.78 is 69.2. The fraction of sp³-hybridized carbons (Fsp3) is 0.217. The van der Waals surface area contributed by atoms with Crippen molar-refractivity contribution in [1.29, 1.82) is 0 Å². The molecule has 3 aromatic rings. The first-order valence-corrected chi connectivity index (χ1v) is 11.3. The van der Waals surface area contributed by atoms with E-state index in [4.69, 9.17) is 23.2 Å². The van der Waals surface area contributed by atoms with Crippen molar-refractivity contribution in [3.63, 3.8) is 0 Å². The SMILES string of the molecule is O=[N+]([O-])c1cc([C@H]2CC[C@H](c3ccc(Cl)c([N+](=O)[O-])c3)N2c2cc(F)c(C(F)(F)F)cc2F)ccc1Cl. The zero-order valence-electron chi connectivity index (χ0n) is 18.3. The third-order valence-electron chi connectivity index (χ3n) is 6.11. The molecule has 0 aliphatic carbocycles. The van der Waals surface area contributed by atoms with Crippen molar-refractivity contribution < 1.29 is 31.8 Å². The van der Waals surface area contributed by atoms with E-state index in [2.05, 4.69) is 0 Å². The number of hydrogen-bond acceptors (Lipinski definition) is 5. The third kappa shape index (κ3) is 5.03. The number of halogens is 7. The molecule has 1 saturated heterocycles. The fourth-order valence-corrected chi connectivity index (χ4v) is 4.88. The Morgan fingerprint density at radius 2 is 1.24 bits per heavy atom. The standard InChI is InChI=1S/C23H14Cl2F5N3O4/c24-14-3-1-11(7-20(14)32(34)35)18-5-6-19(12-2-4-15(25)21(8-12)33(36)37)31(18)22-10-16(26)13(9-17(22)27)23(28,29)30/h1-4,7-10,18-19H,5-6H2/t18-,19-/m1/s1. The molecule has 3 aromatic carbocycles. The van der Waals surface area contributed by atoms with Crippen LogP contribution in [0.25, 0.3) is 0 Å². The summed E-state index contributed by atoms with van der Waals surface area (Å²) in [5, 5.41) is 22.5. The summed E-state index contributed by atoms with van der Waals surface area (Å²) in [5.74, 6) is -3.12. The van der Waals surface area contributed by atoms with Crippen molar-refractivity contribution in [2.24, 2.45) is 0 Å². The molecule has 0 N–H and O–H groups in total. The molecular formula is C23H14Cl2F5N3O4. The van der Waals surface area contributed by atoms with E-state index in [0.717, 1.165) is 12.1 Å². The van der Waals surface area contributed by atoms with Crippen molar-refractivity contribution in [2.45, 2.75) is 31.1 Å². The summed E-state index contributed by atoms with van der Waals surface area (Å²) in [6, 6.07) is 6.33. The highest BCUT2D eigenvalue weighted by molar-refractivity contribution is 6.33. The van der Waals surface area contributed by atoms with Gasteiger partial charge >= 0.3 is 6.18 Å². The smallest absolute Gasteiger partial charge is 0.355 e. The lowest BCUT2D eigenvalue weighted by Crippen LogP contribution is -2.27. The third-order valence-corrected chi connectivity index (χ3v) is 6.75. The van der Waals surface area contributed by atoms with E-state index >= 15 is 4.39 Å². The maximum atomic E-state index is 15.2. The molecular weight excluding hydrogens is 548 g/mol. The maximum absolute atomic E-state index is 15.2. The second kappa shape index (κ2) is 9.75. The summed E-state index contributed by atoms with van der Waals surface area (Å²) in [5.41, 5.74) is -2.73. The van der Waals surface area contributed by atoms with Crippen LogP contribution in [-0.2, 0) is 6.18 Å². The minimum atomic E-state index is -5.15. The van der Waals surface area contributed by atoms with Crippen LogP contribution in [0.1, 0.15) is 41.6 Å². The minimum Gasteiger partial charge on any atom is -0.355 e. The quantitative estimate of drug-likeness (QED) is 0.178. The molecule has 4 rings (SSSR count). The lowest BCUT2D eigenvalue weighted by Gasteiger charge is -2.33. The van der Waals surface area contributed by atoms with E-state index in [0.29, 0.717) is 6.07 Å². The van der Waals surface area contributed by atoms with Gasteiger partial charge in [0.2, 0.25) is 0 Å². The second-order valence-electron chi connectivity index (χ2n) is 8.23. The van der Waals surface area contributed by atoms with E-state index in [1.54, 1.807) is 0 Å². The van der Waals surface area contributed by atoms with Crippen LogP contribution >= 0.6 is 23.2 Å². The van der Waals surface area contributed by atoms with Gasteiger partial charge in [0.25, 0.3) is 11.4 Å². The second-order valence-corrected chi connectivity index (χ2v) is 9.05. The van der Waals surface area contributed by atoms with Crippen LogP contribution in [-0.4, -0.2) is 9.85 Å². The largest absolute Gasteiger partial charge is 0.419 e. The van der Waals surface area contributed by atoms with Gasteiger partial charge in [0.15, 0.2) is 0 Å². The van der Waals surface area contributed by atoms with Gasteiger partial charge in [-0.25, -0.2) is 8.78 Å². The van der Waals surface area contributed by atoms with Crippen LogP contribution < -0.4 is 4.90 Å². The number of benzene rings is 3. The molecule has 14 heteroatoms. The predicted octanol–water partition coefficient (Wildman–Crippen LogP) is 8.19. The summed E-state index contributed by atoms with van der Waals surface area (Å²) in [7, 11) is 0.